The van der Waals surface area contributed by atoms with Crippen LogP contribution in [0.15, 0.2) is 60.2 Å². The first-order valence-electron chi connectivity index (χ1n) is 11.0. The summed E-state index contributed by atoms with van der Waals surface area (Å²) in [4.78, 5) is 25.3. The van der Waals surface area contributed by atoms with Gasteiger partial charge in [-0.1, -0.05) is 13.8 Å². The summed E-state index contributed by atoms with van der Waals surface area (Å²) in [6, 6.07) is 12.0. The molecule has 0 bridgehead atoms. The molecule has 4 rings (SSSR count). The fraction of sp³-hybridized carbons (Fsp3) is 0.240. The van der Waals surface area contributed by atoms with E-state index in [9.17, 15) is 4.79 Å². The summed E-state index contributed by atoms with van der Waals surface area (Å²) in [6.45, 7) is 5.06. The molecule has 2 aromatic heterocycles. The molecule has 0 radical (unpaired) electrons. The van der Waals surface area contributed by atoms with Crippen molar-refractivity contribution in [3.8, 4) is 23.1 Å². The van der Waals surface area contributed by atoms with Crippen LogP contribution in [0.1, 0.15) is 29.8 Å². The van der Waals surface area contributed by atoms with Gasteiger partial charge in [0.05, 0.1) is 26.8 Å². The third-order valence-electron chi connectivity index (χ3n) is 5.07. The van der Waals surface area contributed by atoms with Crippen molar-refractivity contribution in [2.45, 2.75) is 20.4 Å². The second kappa shape index (κ2) is 10.6. The first-order valence-corrected chi connectivity index (χ1v) is 11.0. The highest BCUT2D eigenvalue weighted by atomic mass is 16.5. The van der Waals surface area contributed by atoms with Gasteiger partial charge in [0, 0.05) is 23.7 Å². The van der Waals surface area contributed by atoms with Crippen LogP contribution in [0.5, 0.6) is 23.1 Å². The van der Waals surface area contributed by atoms with Crippen molar-refractivity contribution in [1.82, 2.24) is 24.9 Å². The van der Waals surface area contributed by atoms with Gasteiger partial charge in [0.2, 0.25) is 0 Å². The highest BCUT2D eigenvalue weighted by Crippen LogP contribution is 2.29. The molecule has 1 N–H and O–H groups in total. The molecule has 2 heterocycles. The van der Waals surface area contributed by atoms with Crippen molar-refractivity contribution in [3.05, 3.63) is 66.2 Å². The predicted octanol–water partition coefficient (Wildman–Crippen LogP) is 4.06. The molecule has 0 unspecified atom stereocenters. The third kappa shape index (κ3) is 5.55. The molecular weight excluding hydrogens is 448 g/mol. The van der Waals surface area contributed by atoms with E-state index in [1.807, 2.05) is 4.57 Å². The van der Waals surface area contributed by atoms with Crippen molar-refractivity contribution in [2.24, 2.45) is 11.0 Å². The van der Waals surface area contributed by atoms with E-state index in [-0.39, 0.29) is 5.91 Å². The van der Waals surface area contributed by atoms with Crippen LogP contribution in [0.3, 0.4) is 0 Å². The van der Waals surface area contributed by atoms with Crippen LogP contribution >= 0.6 is 0 Å². The van der Waals surface area contributed by atoms with E-state index >= 15 is 0 Å². The number of nitrogens with one attached hydrogen (secondary N) is 1. The Morgan fingerprint density at radius 3 is 2.54 bits per heavy atom. The monoisotopic (exact) mass is 474 g/mol. The molecular formula is C25H26N6O4. The quantitative estimate of drug-likeness (QED) is 0.288. The van der Waals surface area contributed by atoms with E-state index in [4.69, 9.17) is 14.2 Å². The molecule has 0 spiro atoms. The molecule has 1 amide bonds. The average Bonchev–Trinajstić information content (AvgIpc) is 3.27. The normalized spacial score (nSPS) is 11.2. The van der Waals surface area contributed by atoms with Gasteiger partial charge in [-0.05, 0) is 42.3 Å². The third-order valence-corrected chi connectivity index (χ3v) is 5.07. The van der Waals surface area contributed by atoms with E-state index < -0.39 is 0 Å². The van der Waals surface area contributed by atoms with Crippen molar-refractivity contribution in [1.29, 1.82) is 0 Å². The Hall–Kier alpha value is -4.47. The summed E-state index contributed by atoms with van der Waals surface area (Å²) in [6.07, 6.45) is 4.70. The summed E-state index contributed by atoms with van der Waals surface area (Å²) in [5.74, 6) is 2.16. The smallest absolute Gasteiger partial charge is 0.271 e. The minimum Gasteiger partial charge on any atom is -0.497 e. The number of hydrogen-bond acceptors (Lipinski definition) is 8. The molecule has 10 heteroatoms. The number of amides is 1. The van der Waals surface area contributed by atoms with Gasteiger partial charge >= 0.3 is 0 Å². The van der Waals surface area contributed by atoms with Crippen LogP contribution in [0.4, 0.5) is 0 Å². The molecule has 35 heavy (non-hydrogen) atoms. The Labute approximate surface area is 202 Å². The number of imidazole rings is 1. The topological polar surface area (TPSA) is 113 Å². The minimum atomic E-state index is -0.340. The minimum absolute atomic E-state index is 0.340. The fourth-order valence-corrected chi connectivity index (χ4v) is 3.40. The standard InChI is InChI=1S/C25H26N6O4/c1-16(2)13-31-15-28-22-23(31)26-14-27-25(22)35-20-10-7-18(21(11-20)34-4)12-29-30-24(32)17-5-8-19(33-3)9-6-17/h5-12,14-16H,13H2,1-4H3,(H,30,32)/b29-12+. The summed E-state index contributed by atoms with van der Waals surface area (Å²) < 4.78 is 18.6. The number of hydrogen-bond donors (Lipinski definition) is 1. The molecule has 0 atom stereocenters. The zero-order chi connectivity index (χ0) is 24.8. The molecule has 180 valence electrons. The van der Waals surface area contributed by atoms with Gasteiger partial charge in [-0.25, -0.2) is 15.4 Å². The molecule has 10 nitrogen and oxygen atoms in total. The van der Waals surface area contributed by atoms with Crippen LogP contribution < -0.4 is 19.6 Å². The molecule has 0 aliphatic heterocycles. The first kappa shape index (κ1) is 23.7. The summed E-state index contributed by atoms with van der Waals surface area (Å²) in [5, 5.41) is 4.04. The molecule has 0 aliphatic carbocycles. The Morgan fingerprint density at radius 2 is 1.83 bits per heavy atom. The maximum atomic E-state index is 12.3. The van der Waals surface area contributed by atoms with Crippen LogP contribution in [0.25, 0.3) is 11.2 Å². The van der Waals surface area contributed by atoms with Crippen molar-refractivity contribution >= 4 is 23.3 Å². The lowest BCUT2D eigenvalue weighted by Gasteiger charge is -2.10. The highest BCUT2D eigenvalue weighted by Gasteiger charge is 2.14. The lowest BCUT2D eigenvalue weighted by molar-refractivity contribution is 0.0955. The van der Waals surface area contributed by atoms with Crippen LogP contribution in [-0.2, 0) is 6.54 Å². The lowest BCUT2D eigenvalue weighted by atomic mass is 10.2. The number of carbonyl (C=O) groups excluding carboxylic acids is 1. The number of nitrogens with zero attached hydrogens (tertiary/aromatic N) is 5. The largest absolute Gasteiger partial charge is 0.497 e. The van der Waals surface area contributed by atoms with E-state index in [2.05, 4.69) is 39.3 Å². The number of benzene rings is 2. The lowest BCUT2D eigenvalue weighted by Crippen LogP contribution is -2.17. The highest BCUT2D eigenvalue weighted by molar-refractivity contribution is 5.95. The van der Waals surface area contributed by atoms with Gasteiger partial charge in [0.1, 0.15) is 23.6 Å². The zero-order valence-corrected chi connectivity index (χ0v) is 19.9. The SMILES string of the molecule is COc1ccc(C(=O)N/N=C/c2ccc(Oc3ncnc4c3ncn4CC(C)C)cc2OC)cc1. The second-order valence-electron chi connectivity index (χ2n) is 8.08. The van der Waals surface area contributed by atoms with Gasteiger partial charge in [0.15, 0.2) is 11.2 Å². The number of hydrazone groups is 1. The number of aromatic nitrogens is 4. The van der Waals surface area contributed by atoms with Crippen LogP contribution in [-0.4, -0.2) is 45.9 Å². The predicted molar refractivity (Wildman–Crippen MR) is 131 cm³/mol. The Bertz CT molecular complexity index is 1350. The van der Waals surface area contributed by atoms with Gasteiger partial charge in [0.25, 0.3) is 11.8 Å². The first-order chi connectivity index (χ1) is 17.0. The zero-order valence-electron chi connectivity index (χ0n) is 19.9. The van der Waals surface area contributed by atoms with Crippen molar-refractivity contribution in [3.63, 3.8) is 0 Å². The van der Waals surface area contributed by atoms with E-state index in [1.54, 1.807) is 63.0 Å². The van der Waals surface area contributed by atoms with E-state index in [1.165, 1.54) is 12.5 Å². The molecule has 0 saturated carbocycles. The number of methoxy groups -OCH3 is 2. The van der Waals surface area contributed by atoms with Gasteiger partial charge in [-0.3, -0.25) is 4.79 Å². The molecule has 0 fully saturated rings. The Kier molecular flexibility index (Phi) is 7.20. The molecule has 0 saturated heterocycles. The molecule has 2 aromatic carbocycles. The number of fused-ring (bicyclic) bond motifs is 1. The maximum absolute atomic E-state index is 12.3. The van der Waals surface area contributed by atoms with Gasteiger partial charge in [-0.15, -0.1) is 0 Å². The Morgan fingerprint density at radius 1 is 1.06 bits per heavy atom. The second-order valence-corrected chi connectivity index (χ2v) is 8.08. The fourth-order valence-electron chi connectivity index (χ4n) is 3.40. The van der Waals surface area contributed by atoms with Crippen molar-refractivity contribution < 1.29 is 19.0 Å². The molecule has 4 aromatic rings. The van der Waals surface area contributed by atoms with Crippen molar-refractivity contribution in [2.75, 3.05) is 14.2 Å². The average molecular weight is 475 g/mol. The van der Waals surface area contributed by atoms with Crippen LogP contribution in [0, 0.1) is 5.92 Å². The maximum Gasteiger partial charge on any atom is 0.271 e. The van der Waals surface area contributed by atoms with Gasteiger partial charge in [-0.2, -0.15) is 10.1 Å². The summed E-state index contributed by atoms with van der Waals surface area (Å²) >= 11 is 0. The van der Waals surface area contributed by atoms with E-state index in [0.717, 1.165) is 6.54 Å². The van der Waals surface area contributed by atoms with Gasteiger partial charge < -0.3 is 18.8 Å². The Balaban J connectivity index is 1.47. The number of rotatable bonds is 9. The number of ether oxygens (including phenoxy) is 3. The number of carbonyl (C=O) groups is 1. The van der Waals surface area contributed by atoms with E-state index in [0.29, 0.717) is 51.3 Å². The summed E-state index contributed by atoms with van der Waals surface area (Å²) in [7, 11) is 3.11. The summed E-state index contributed by atoms with van der Waals surface area (Å²) in [5.41, 5.74) is 4.92. The van der Waals surface area contributed by atoms with Crippen LogP contribution in [0.2, 0.25) is 0 Å². The molecule has 0 aliphatic rings.